The highest BCUT2D eigenvalue weighted by Crippen LogP contribution is 2.18. The number of nitrogens with zero attached hydrogens (tertiary/aromatic N) is 1. The molecule has 6 heteroatoms. The van der Waals surface area contributed by atoms with Crippen molar-refractivity contribution in [1.82, 2.24) is 10.3 Å². The highest BCUT2D eigenvalue weighted by Gasteiger charge is 2.16. The first-order chi connectivity index (χ1) is 11.0. The van der Waals surface area contributed by atoms with Gasteiger partial charge in [0.15, 0.2) is 0 Å². The summed E-state index contributed by atoms with van der Waals surface area (Å²) in [5.41, 5.74) is 1.14. The lowest BCUT2D eigenvalue weighted by Crippen LogP contribution is -2.30. The Morgan fingerprint density at radius 1 is 1.30 bits per heavy atom. The molecular weight excluding hydrogens is 316 g/mol. The van der Waals surface area contributed by atoms with Crippen LogP contribution in [-0.4, -0.2) is 28.7 Å². The molecule has 2 aromatic rings. The fourth-order valence-corrected chi connectivity index (χ4v) is 2.18. The number of pyridine rings is 1. The normalized spacial score (nSPS) is 12.0. The van der Waals surface area contributed by atoms with Gasteiger partial charge in [-0.2, -0.15) is 0 Å². The number of aliphatic hydroxyl groups excluding tert-OH is 1. The number of benzene rings is 1. The Hall–Kier alpha value is -2.11. The molecule has 5 nitrogen and oxygen atoms in total. The van der Waals surface area contributed by atoms with Crippen LogP contribution in [-0.2, 0) is 0 Å². The lowest BCUT2D eigenvalue weighted by Gasteiger charge is -2.17. The van der Waals surface area contributed by atoms with Crippen molar-refractivity contribution < 1.29 is 14.6 Å². The lowest BCUT2D eigenvalue weighted by molar-refractivity contribution is 0.0915. The maximum Gasteiger partial charge on any atom is 0.253 e. The van der Waals surface area contributed by atoms with Crippen molar-refractivity contribution in [3.8, 4) is 5.75 Å². The van der Waals surface area contributed by atoms with Gasteiger partial charge in [-0.05, 0) is 37.6 Å². The van der Waals surface area contributed by atoms with Gasteiger partial charge in [-0.3, -0.25) is 9.78 Å². The van der Waals surface area contributed by atoms with E-state index in [9.17, 15) is 9.90 Å². The number of carbonyl (C=O) groups excluding carboxylic acids is 1. The Kier molecular flexibility index (Phi) is 5.96. The van der Waals surface area contributed by atoms with Crippen LogP contribution in [0.1, 0.15) is 35.8 Å². The minimum absolute atomic E-state index is 0.00521. The van der Waals surface area contributed by atoms with E-state index in [1.54, 1.807) is 36.5 Å². The molecule has 0 fully saturated rings. The average Bonchev–Trinajstić information content (AvgIpc) is 2.53. The molecule has 0 aliphatic rings. The third kappa shape index (κ3) is 4.94. The molecule has 1 aromatic heterocycles. The number of hydrogen-bond acceptors (Lipinski definition) is 4. The first-order valence-electron chi connectivity index (χ1n) is 7.28. The number of amides is 1. The Labute approximate surface area is 140 Å². The molecule has 0 spiro atoms. The van der Waals surface area contributed by atoms with Crippen molar-refractivity contribution in [3.05, 3.63) is 58.9 Å². The fraction of sp³-hybridized carbons (Fsp3) is 0.294. The van der Waals surface area contributed by atoms with Crippen molar-refractivity contribution in [1.29, 1.82) is 0 Å². The Balaban J connectivity index is 2.11. The van der Waals surface area contributed by atoms with Gasteiger partial charge in [0.2, 0.25) is 0 Å². The van der Waals surface area contributed by atoms with E-state index in [1.807, 2.05) is 13.8 Å². The van der Waals surface area contributed by atoms with Gasteiger partial charge >= 0.3 is 0 Å². The molecule has 0 saturated carbocycles. The fourth-order valence-electron chi connectivity index (χ4n) is 2.05. The second kappa shape index (κ2) is 7.94. The number of nitrogens with one attached hydrogen (secondary N) is 1. The smallest absolute Gasteiger partial charge is 0.253 e. The molecular formula is C17H19ClN2O3. The molecule has 0 saturated heterocycles. The van der Waals surface area contributed by atoms with Gasteiger partial charge in [0.1, 0.15) is 5.75 Å². The first-order valence-corrected chi connectivity index (χ1v) is 7.66. The van der Waals surface area contributed by atoms with Crippen molar-refractivity contribution in [3.63, 3.8) is 0 Å². The molecule has 0 radical (unpaired) electrons. The number of ether oxygens (including phenoxy) is 1. The lowest BCUT2D eigenvalue weighted by atomic mass is 10.1. The molecule has 0 bridgehead atoms. The van der Waals surface area contributed by atoms with E-state index >= 15 is 0 Å². The third-order valence-corrected chi connectivity index (χ3v) is 3.36. The number of aliphatic hydroxyl groups is 1. The van der Waals surface area contributed by atoms with Crippen LogP contribution in [0.2, 0.25) is 5.02 Å². The molecule has 0 aliphatic heterocycles. The van der Waals surface area contributed by atoms with Crippen LogP contribution < -0.4 is 10.1 Å². The number of aromatic nitrogens is 1. The predicted octanol–water partition coefficient (Wildman–Crippen LogP) is 2.99. The number of rotatable bonds is 6. The minimum Gasteiger partial charge on any atom is -0.489 e. The zero-order chi connectivity index (χ0) is 16.8. The second-order valence-electron chi connectivity index (χ2n) is 5.34. The van der Waals surface area contributed by atoms with Crippen molar-refractivity contribution >= 4 is 17.5 Å². The Bertz CT molecular complexity index is 659. The summed E-state index contributed by atoms with van der Waals surface area (Å²) in [7, 11) is 0. The summed E-state index contributed by atoms with van der Waals surface area (Å²) >= 11 is 5.85. The predicted molar refractivity (Wildman–Crippen MR) is 88.7 cm³/mol. The maximum absolute atomic E-state index is 12.3. The van der Waals surface area contributed by atoms with Gasteiger partial charge in [-0.25, -0.2) is 0 Å². The van der Waals surface area contributed by atoms with E-state index < -0.39 is 6.04 Å². The zero-order valence-corrected chi connectivity index (χ0v) is 13.7. The summed E-state index contributed by atoms with van der Waals surface area (Å²) in [6, 6.07) is 8.06. The van der Waals surface area contributed by atoms with E-state index in [0.717, 1.165) is 5.56 Å². The second-order valence-corrected chi connectivity index (χ2v) is 5.77. The monoisotopic (exact) mass is 334 g/mol. The maximum atomic E-state index is 12.3. The van der Waals surface area contributed by atoms with E-state index in [4.69, 9.17) is 16.3 Å². The standard InChI is InChI=1S/C17H19ClN2O3/c1-11(2)23-15-7-13(8-19-9-15)17(22)20-16(10-21)12-3-5-14(18)6-4-12/h3-9,11,16,21H,10H2,1-2H3,(H,20,22). The van der Waals surface area contributed by atoms with Crippen LogP contribution in [0, 0.1) is 0 Å². The summed E-state index contributed by atoms with van der Waals surface area (Å²) in [5, 5.41) is 12.9. The van der Waals surface area contributed by atoms with Crippen LogP contribution in [0.4, 0.5) is 0 Å². The van der Waals surface area contributed by atoms with Gasteiger partial charge in [0.05, 0.1) is 30.5 Å². The largest absolute Gasteiger partial charge is 0.489 e. The van der Waals surface area contributed by atoms with Gasteiger partial charge in [-0.15, -0.1) is 0 Å². The van der Waals surface area contributed by atoms with Crippen molar-refractivity contribution in [2.45, 2.75) is 26.0 Å². The summed E-state index contributed by atoms with van der Waals surface area (Å²) in [4.78, 5) is 16.4. The molecule has 1 atom stereocenters. The van der Waals surface area contributed by atoms with Crippen molar-refractivity contribution in [2.75, 3.05) is 6.61 Å². The highest BCUT2D eigenvalue weighted by atomic mass is 35.5. The van der Waals surface area contributed by atoms with Crippen LogP contribution in [0.25, 0.3) is 0 Å². The van der Waals surface area contributed by atoms with Gasteiger partial charge in [0.25, 0.3) is 5.91 Å². The highest BCUT2D eigenvalue weighted by molar-refractivity contribution is 6.30. The van der Waals surface area contributed by atoms with Gasteiger partial charge < -0.3 is 15.2 Å². The van der Waals surface area contributed by atoms with Crippen LogP contribution >= 0.6 is 11.6 Å². The van der Waals surface area contributed by atoms with Crippen LogP contribution in [0.5, 0.6) is 5.75 Å². The van der Waals surface area contributed by atoms with E-state index in [-0.39, 0.29) is 18.6 Å². The third-order valence-electron chi connectivity index (χ3n) is 3.11. The summed E-state index contributed by atoms with van der Waals surface area (Å²) in [5.74, 6) is 0.195. The summed E-state index contributed by atoms with van der Waals surface area (Å²) in [6.07, 6.45) is 3.01. The van der Waals surface area contributed by atoms with E-state index in [1.165, 1.54) is 6.20 Å². The summed E-state index contributed by atoms with van der Waals surface area (Å²) in [6.45, 7) is 3.58. The van der Waals surface area contributed by atoms with E-state index in [2.05, 4.69) is 10.3 Å². The van der Waals surface area contributed by atoms with Gasteiger partial charge in [-0.1, -0.05) is 23.7 Å². The number of carbonyl (C=O) groups is 1. The summed E-state index contributed by atoms with van der Waals surface area (Å²) < 4.78 is 5.53. The van der Waals surface area contributed by atoms with Gasteiger partial charge in [0, 0.05) is 11.2 Å². The quantitative estimate of drug-likeness (QED) is 0.852. The zero-order valence-electron chi connectivity index (χ0n) is 13.0. The van der Waals surface area contributed by atoms with E-state index in [0.29, 0.717) is 16.3 Å². The Morgan fingerprint density at radius 3 is 2.61 bits per heavy atom. The Morgan fingerprint density at radius 2 is 2.00 bits per heavy atom. The minimum atomic E-state index is -0.519. The molecule has 1 amide bonds. The molecule has 1 heterocycles. The molecule has 2 rings (SSSR count). The first kappa shape index (κ1) is 17.2. The average molecular weight is 335 g/mol. The number of hydrogen-bond donors (Lipinski definition) is 2. The topological polar surface area (TPSA) is 71.5 Å². The van der Waals surface area contributed by atoms with Crippen LogP contribution in [0.3, 0.4) is 0 Å². The molecule has 2 N–H and O–H groups in total. The molecule has 122 valence electrons. The molecule has 23 heavy (non-hydrogen) atoms. The number of halogens is 1. The molecule has 1 unspecified atom stereocenters. The van der Waals surface area contributed by atoms with Crippen molar-refractivity contribution in [2.24, 2.45) is 0 Å². The van der Waals surface area contributed by atoms with Crippen LogP contribution in [0.15, 0.2) is 42.7 Å². The molecule has 0 aliphatic carbocycles. The molecule has 1 aromatic carbocycles. The SMILES string of the molecule is CC(C)Oc1cncc(C(=O)NC(CO)c2ccc(Cl)cc2)c1.